The van der Waals surface area contributed by atoms with Crippen LogP contribution in [0.5, 0.6) is 5.75 Å². The molecule has 2 aromatic rings. The van der Waals surface area contributed by atoms with E-state index in [0.717, 1.165) is 11.1 Å². The van der Waals surface area contributed by atoms with Gasteiger partial charge in [0.25, 0.3) is 0 Å². The zero-order valence-corrected chi connectivity index (χ0v) is 16.1. The molecule has 1 aliphatic heterocycles. The van der Waals surface area contributed by atoms with Crippen LogP contribution in [0.3, 0.4) is 0 Å². The quantitative estimate of drug-likeness (QED) is 0.838. The summed E-state index contributed by atoms with van der Waals surface area (Å²) >= 11 is 0. The lowest BCUT2D eigenvalue weighted by Crippen LogP contribution is -2.46. The minimum absolute atomic E-state index is 0.291. The average Bonchev–Trinajstić information content (AvgIpc) is 2.65. The van der Waals surface area contributed by atoms with E-state index in [1.807, 2.05) is 11.8 Å². The molecule has 0 unspecified atom stereocenters. The van der Waals surface area contributed by atoms with Gasteiger partial charge in [-0.1, -0.05) is 12.1 Å². The van der Waals surface area contributed by atoms with Crippen LogP contribution in [0.15, 0.2) is 24.3 Å². The van der Waals surface area contributed by atoms with Gasteiger partial charge >= 0.3 is 6.36 Å². The topological polar surface area (TPSA) is 82.3 Å². The monoisotopic (exact) mass is 406 g/mol. The van der Waals surface area contributed by atoms with Gasteiger partial charge in [0, 0.05) is 19.5 Å². The molecule has 1 aliphatic rings. The highest BCUT2D eigenvalue weighted by molar-refractivity contribution is 5.57. The Hall–Kier alpha value is -2.86. The van der Waals surface area contributed by atoms with Crippen molar-refractivity contribution >= 4 is 5.82 Å². The minimum Gasteiger partial charge on any atom is -0.406 e. The van der Waals surface area contributed by atoms with Gasteiger partial charge in [0.1, 0.15) is 17.4 Å². The van der Waals surface area contributed by atoms with E-state index >= 15 is 0 Å². The summed E-state index contributed by atoms with van der Waals surface area (Å²) < 4.78 is 40.6. The third-order valence-corrected chi connectivity index (χ3v) is 5.23. The van der Waals surface area contributed by atoms with Gasteiger partial charge in [-0.2, -0.15) is 10.4 Å². The van der Waals surface area contributed by atoms with E-state index in [2.05, 4.69) is 21.0 Å². The van der Waals surface area contributed by atoms with Crippen molar-refractivity contribution in [2.45, 2.75) is 45.1 Å². The van der Waals surface area contributed by atoms with Gasteiger partial charge in [-0.05, 0) is 49.9 Å². The van der Waals surface area contributed by atoms with Crippen LogP contribution in [0.4, 0.5) is 19.0 Å². The average molecular weight is 406 g/mol. The normalized spacial score (nSPS) is 16.4. The van der Waals surface area contributed by atoms with Gasteiger partial charge in [0.15, 0.2) is 5.82 Å². The fourth-order valence-corrected chi connectivity index (χ4v) is 3.45. The van der Waals surface area contributed by atoms with Gasteiger partial charge in [0.05, 0.1) is 11.3 Å². The molecule has 1 saturated heterocycles. The molecule has 0 spiro atoms. The van der Waals surface area contributed by atoms with Crippen LogP contribution < -0.4 is 9.64 Å². The number of alkyl halides is 3. The second-order valence-corrected chi connectivity index (χ2v) is 7.30. The van der Waals surface area contributed by atoms with Crippen LogP contribution in [0.25, 0.3) is 0 Å². The van der Waals surface area contributed by atoms with Gasteiger partial charge in [-0.15, -0.1) is 18.3 Å². The molecule has 6 nitrogen and oxygen atoms in total. The Kier molecular flexibility index (Phi) is 5.66. The van der Waals surface area contributed by atoms with Crippen LogP contribution in [0.2, 0.25) is 0 Å². The molecule has 0 atom stereocenters. The molecule has 0 saturated carbocycles. The lowest BCUT2D eigenvalue weighted by Gasteiger charge is -2.39. The Morgan fingerprint density at radius 2 is 1.79 bits per heavy atom. The first-order chi connectivity index (χ1) is 13.6. The summed E-state index contributed by atoms with van der Waals surface area (Å²) in [5, 5.41) is 28.7. The van der Waals surface area contributed by atoms with Crippen LogP contribution in [-0.4, -0.2) is 40.4 Å². The molecular formula is C20H21F3N4O2. The van der Waals surface area contributed by atoms with Crippen LogP contribution in [-0.2, 0) is 6.42 Å². The highest BCUT2D eigenvalue weighted by atomic mass is 19.4. The first-order valence-electron chi connectivity index (χ1n) is 9.16. The number of hydrogen-bond acceptors (Lipinski definition) is 6. The van der Waals surface area contributed by atoms with E-state index in [1.165, 1.54) is 24.3 Å². The molecule has 1 aromatic heterocycles. The number of nitriles is 1. The predicted octanol–water partition coefficient (Wildman–Crippen LogP) is 3.44. The maximum atomic E-state index is 12.3. The Morgan fingerprint density at radius 1 is 1.17 bits per heavy atom. The minimum atomic E-state index is -4.73. The van der Waals surface area contributed by atoms with Crippen LogP contribution in [0, 0.1) is 25.2 Å². The van der Waals surface area contributed by atoms with Crippen molar-refractivity contribution in [3.05, 3.63) is 46.6 Å². The first kappa shape index (κ1) is 20.9. The third-order valence-electron chi connectivity index (χ3n) is 5.23. The summed E-state index contributed by atoms with van der Waals surface area (Å²) in [7, 11) is 0. The number of nitrogens with zero attached hydrogens (tertiary/aromatic N) is 4. The Morgan fingerprint density at radius 3 is 2.34 bits per heavy atom. The van der Waals surface area contributed by atoms with Crippen molar-refractivity contribution in [3.8, 4) is 11.8 Å². The van der Waals surface area contributed by atoms with Crippen molar-refractivity contribution in [1.82, 2.24) is 10.2 Å². The molecule has 9 heteroatoms. The first-order valence-corrected chi connectivity index (χ1v) is 9.16. The van der Waals surface area contributed by atoms with E-state index in [4.69, 9.17) is 0 Å². The number of halogens is 3. The van der Waals surface area contributed by atoms with E-state index in [1.54, 1.807) is 6.92 Å². The van der Waals surface area contributed by atoms with Crippen LogP contribution in [0.1, 0.15) is 35.2 Å². The molecule has 154 valence electrons. The van der Waals surface area contributed by atoms with E-state index < -0.39 is 12.0 Å². The standard InChI is InChI=1S/C20H21F3N4O2/c1-13-14(2)25-26-18(17(13)12-24)27-9-7-19(28,8-10-27)11-15-3-5-16(6-4-15)29-20(21,22)23/h3-6,28H,7-11H2,1-2H3. The molecule has 3 rings (SSSR count). The highest BCUT2D eigenvalue weighted by Gasteiger charge is 2.34. The van der Waals surface area contributed by atoms with Crippen molar-refractivity contribution in [1.29, 1.82) is 5.26 Å². The van der Waals surface area contributed by atoms with E-state index in [0.29, 0.717) is 49.4 Å². The summed E-state index contributed by atoms with van der Waals surface area (Å²) in [6.45, 7) is 4.63. The van der Waals surface area contributed by atoms with Crippen molar-refractivity contribution in [2.75, 3.05) is 18.0 Å². The number of hydrogen-bond donors (Lipinski definition) is 1. The smallest absolute Gasteiger partial charge is 0.406 e. The number of piperidine rings is 1. The molecule has 1 fully saturated rings. The maximum Gasteiger partial charge on any atom is 0.573 e. The summed E-state index contributed by atoms with van der Waals surface area (Å²) in [6.07, 6.45) is -3.54. The Balaban J connectivity index is 1.66. The largest absolute Gasteiger partial charge is 0.573 e. The highest BCUT2D eigenvalue weighted by Crippen LogP contribution is 2.31. The third kappa shape index (κ3) is 4.95. The number of aryl methyl sites for hydroxylation is 1. The van der Waals surface area contributed by atoms with Gasteiger partial charge in [-0.3, -0.25) is 0 Å². The zero-order valence-electron chi connectivity index (χ0n) is 16.1. The van der Waals surface area contributed by atoms with E-state index in [9.17, 15) is 23.5 Å². The number of aromatic nitrogens is 2. The van der Waals surface area contributed by atoms with Crippen molar-refractivity contribution < 1.29 is 23.0 Å². The summed E-state index contributed by atoms with van der Waals surface area (Å²) in [6, 6.07) is 7.71. The van der Waals surface area contributed by atoms with Crippen molar-refractivity contribution in [2.24, 2.45) is 0 Å². The summed E-state index contributed by atoms with van der Waals surface area (Å²) in [5.74, 6) is 0.228. The van der Waals surface area contributed by atoms with E-state index in [-0.39, 0.29) is 5.75 Å². The van der Waals surface area contributed by atoms with Gasteiger partial charge < -0.3 is 14.7 Å². The molecule has 1 N–H and O–H groups in total. The fourth-order valence-electron chi connectivity index (χ4n) is 3.45. The number of rotatable bonds is 4. The molecule has 1 aromatic carbocycles. The number of aliphatic hydroxyl groups is 1. The number of benzene rings is 1. The second-order valence-electron chi connectivity index (χ2n) is 7.30. The molecule has 0 amide bonds. The molecule has 0 aliphatic carbocycles. The van der Waals surface area contributed by atoms with Crippen LogP contribution >= 0.6 is 0 Å². The molecule has 0 radical (unpaired) electrons. The zero-order chi connectivity index (χ0) is 21.2. The molecule has 29 heavy (non-hydrogen) atoms. The maximum absolute atomic E-state index is 12.3. The molecule has 0 bridgehead atoms. The number of anilines is 1. The number of ether oxygens (including phenoxy) is 1. The SMILES string of the molecule is Cc1nnc(N2CCC(O)(Cc3ccc(OC(F)(F)F)cc3)CC2)c(C#N)c1C. The Bertz CT molecular complexity index is 915. The lowest BCUT2D eigenvalue weighted by atomic mass is 9.85. The lowest BCUT2D eigenvalue weighted by molar-refractivity contribution is -0.274. The fraction of sp³-hybridized carbons (Fsp3) is 0.450. The molecular weight excluding hydrogens is 385 g/mol. The summed E-state index contributed by atoms with van der Waals surface area (Å²) in [4.78, 5) is 1.94. The predicted molar refractivity (Wildman–Crippen MR) is 99.4 cm³/mol. The second kappa shape index (κ2) is 7.87. The summed E-state index contributed by atoms with van der Waals surface area (Å²) in [5.41, 5.74) is 1.72. The molecule has 2 heterocycles. The van der Waals surface area contributed by atoms with Crippen molar-refractivity contribution in [3.63, 3.8) is 0 Å². The van der Waals surface area contributed by atoms with Gasteiger partial charge in [0.2, 0.25) is 0 Å². The van der Waals surface area contributed by atoms with Gasteiger partial charge in [-0.25, -0.2) is 0 Å². The Labute approximate surface area is 166 Å².